The predicted molar refractivity (Wildman–Crippen MR) is 78.9 cm³/mol. The van der Waals surface area contributed by atoms with Crippen LogP contribution in [0.4, 0.5) is 4.39 Å². The maximum absolute atomic E-state index is 14.1. The standard InChI is InChI=1S/C17H20FNO2/c18-16-12-14(6-3-5-11-20)8-9-15(16)13-19-10-4-1-2-7-17(19)21/h8-9,12,20H,1-2,4-5,7,10-11,13H2. The van der Waals surface area contributed by atoms with Crippen LogP contribution in [0.25, 0.3) is 0 Å². The van der Waals surface area contributed by atoms with Crippen molar-refractivity contribution in [2.45, 2.75) is 38.6 Å². The van der Waals surface area contributed by atoms with E-state index < -0.39 is 0 Å². The summed E-state index contributed by atoms with van der Waals surface area (Å²) in [5.41, 5.74) is 1.12. The molecule has 1 aromatic rings. The molecule has 1 amide bonds. The zero-order chi connectivity index (χ0) is 15.1. The van der Waals surface area contributed by atoms with Gasteiger partial charge in [-0.05, 0) is 25.0 Å². The second-order valence-electron chi connectivity index (χ2n) is 5.21. The second-order valence-corrected chi connectivity index (χ2v) is 5.21. The molecule has 1 aromatic carbocycles. The van der Waals surface area contributed by atoms with Crippen molar-refractivity contribution in [3.63, 3.8) is 0 Å². The van der Waals surface area contributed by atoms with Gasteiger partial charge in [0.05, 0.1) is 6.61 Å². The van der Waals surface area contributed by atoms with Crippen molar-refractivity contribution in [2.75, 3.05) is 13.2 Å². The Kier molecular flexibility index (Phi) is 5.77. The lowest BCUT2D eigenvalue weighted by molar-refractivity contribution is -0.131. The highest BCUT2D eigenvalue weighted by molar-refractivity contribution is 5.76. The van der Waals surface area contributed by atoms with Crippen LogP contribution in [0.15, 0.2) is 18.2 Å². The zero-order valence-corrected chi connectivity index (χ0v) is 12.1. The number of halogens is 1. The summed E-state index contributed by atoms with van der Waals surface area (Å²) in [6.45, 7) is 1.04. The van der Waals surface area contributed by atoms with E-state index in [-0.39, 0.29) is 18.3 Å². The van der Waals surface area contributed by atoms with Gasteiger partial charge in [0, 0.05) is 37.1 Å². The molecular formula is C17H20FNO2. The van der Waals surface area contributed by atoms with Gasteiger partial charge in [0.2, 0.25) is 5.91 Å². The topological polar surface area (TPSA) is 40.5 Å². The first-order valence-electron chi connectivity index (χ1n) is 7.36. The molecule has 0 saturated carbocycles. The molecule has 0 spiro atoms. The number of likely N-dealkylation sites (tertiary alicyclic amines) is 1. The number of carbonyl (C=O) groups excluding carboxylic acids is 1. The Balaban J connectivity index is 2.07. The molecule has 112 valence electrons. The maximum atomic E-state index is 14.1. The lowest BCUT2D eigenvalue weighted by atomic mass is 10.1. The fourth-order valence-electron chi connectivity index (χ4n) is 2.39. The van der Waals surface area contributed by atoms with Crippen molar-refractivity contribution >= 4 is 5.91 Å². The van der Waals surface area contributed by atoms with Gasteiger partial charge in [-0.3, -0.25) is 4.79 Å². The fraction of sp³-hybridized carbons (Fsp3) is 0.471. The first kappa shape index (κ1) is 15.5. The minimum Gasteiger partial charge on any atom is -0.395 e. The van der Waals surface area contributed by atoms with E-state index in [9.17, 15) is 9.18 Å². The molecule has 1 aliphatic rings. The smallest absolute Gasteiger partial charge is 0.222 e. The number of carbonyl (C=O) groups is 1. The Labute approximate surface area is 124 Å². The SMILES string of the molecule is O=C1CCCCCN1Cc1ccc(C#CCCO)cc1F. The zero-order valence-electron chi connectivity index (χ0n) is 12.1. The molecule has 0 radical (unpaired) electrons. The van der Waals surface area contributed by atoms with Gasteiger partial charge in [0.15, 0.2) is 0 Å². The van der Waals surface area contributed by atoms with Crippen molar-refractivity contribution in [1.29, 1.82) is 0 Å². The van der Waals surface area contributed by atoms with Crippen LogP contribution in [0.2, 0.25) is 0 Å². The van der Waals surface area contributed by atoms with E-state index in [4.69, 9.17) is 5.11 Å². The minimum absolute atomic E-state index is 0.00460. The van der Waals surface area contributed by atoms with Crippen LogP contribution in [0.3, 0.4) is 0 Å². The van der Waals surface area contributed by atoms with E-state index in [1.807, 2.05) is 0 Å². The Morgan fingerprint density at radius 2 is 2.14 bits per heavy atom. The summed E-state index contributed by atoms with van der Waals surface area (Å²) in [5, 5.41) is 8.66. The Hall–Kier alpha value is -1.86. The molecule has 0 aliphatic carbocycles. The summed E-state index contributed by atoms with van der Waals surface area (Å²) in [7, 11) is 0. The lowest BCUT2D eigenvalue weighted by Crippen LogP contribution is -2.30. The van der Waals surface area contributed by atoms with Crippen molar-refractivity contribution in [3.05, 3.63) is 35.1 Å². The van der Waals surface area contributed by atoms with E-state index in [0.29, 0.717) is 37.1 Å². The summed E-state index contributed by atoms with van der Waals surface area (Å²) in [6, 6.07) is 4.84. The van der Waals surface area contributed by atoms with Crippen LogP contribution in [0.5, 0.6) is 0 Å². The number of aliphatic hydroxyl groups is 1. The molecule has 1 fully saturated rings. The van der Waals surface area contributed by atoms with Gasteiger partial charge in [-0.1, -0.05) is 24.3 Å². The first-order valence-corrected chi connectivity index (χ1v) is 7.36. The number of hydrogen-bond acceptors (Lipinski definition) is 2. The van der Waals surface area contributed by atoms with E-state index in [1.54, 1.807) is 17.0 Å². The Bertz CT molecular complexity index is 560. The van der Waals surface area contributed by atoms with Gasteiger partial charge >= 0.3 is 0 Å². The number of amides is 1. The lowest BCUT2D eigenvalue weighted by Gasteiger charge is -2.20. The van der Waals surface area contributed by atoms with Gasteiger partial charge in [-0.2, -0.15) is 0 Å². The van der Waals surface area contributed by atoms with Crippen molar-refractivity contribution in [1.82, 2.24) is 4.90 Å². The molecule has 1 heterocycles. The summed E-state index contributed by atoms with van der Waals surface area (Å²) >= 11 is 0. The van der Waals surface area contributed by atoms with E-state index in [0.717, 1.165) is 19.3 Å². The first-order chi connectivity index (χ1) is 10.2. The van der Waals surface area contributed by atoms with Crippen molar-refractivity contribution < 1.29 is 14.3 Å². The normalized spacial score (nSPS) is 15.3. The van der Waals surface area contributed by atoms with Gasteiger partial charge in [0.25, 0.3) is 0 Å². The van der Waals surface area contributed by atoms with Gasteiger partial charge in [-0.15, -0.1) is 0 Å². The maximum Gasteiger partial charge on any atom is 0.222 e. The largest absolute Gasteiger partial charge is 0.395 e. The monoisotopic (exact) mass is 289 g/mol. The summed E-state index contributed by atoms with van der Waals surface area (Å²) in [5.74, 6) is 5.35. The van der Waals surface area contributed by atoms with Crippen molar-refractivity contribution in [3.8, 4) is 11.8 Å². The van der Waals surface area contributed by atoms with Crippen molar-refractivity contribution in [2.24, 2.45) is 0 Å². The molecule has 2 rings (SSSR count). The van der Waals surface area contributed by atoms with E-state index >= 15 is 0 Å². The molecule has 0 aromatic heterocycles. The molecule has 1 aliphatic heterocycles. The highest BCUT2D eigenvalue weighted by Gasteiger charge is 2.18. The summed E-state index contributed by atoms with van der Waals surface area (Å²) in [6.07, 6.45) is 3.91. The number of hydrogen-bond donors (Lipinski definition) is 1. The van der Waals surface area contributed by atoms with Crippen LogP contribution in [-0.4, -0.2) is 29.1 Å². The van der Waals surface area contributed by atoms with Crippen LogP contribution >= 0.6 is 0 Å². The number of aliphatic hydroxyl groups excluding tert-OH is 1. The minimum atomic E-state index is -0.331. The van der Waals surface area contributed by atoms with Gasteiger partial charge in [-0.25, -0.2) is 4.39 Å². The third-order valence-corrected chi connectivity index (χ3v) is 3.56. The number of rotatable bonds is 3. The van der Waals surface area contributed by atoms with E-state index in [2.05, 4.69) is 11.8 Å². The van der Waals surface area contributed by atoms with Crippen LogP contribution in [0, 0.1) is 17.7 Å². The quantitative estimate of drug-likeness (QED) is 0.868. The second kappa shape index (κ2) is 7.80. The van der Waals surface area contributed by atoms with Crippen LogP contribution in [0.1, 0.15) is 43.2 Å². The molecule has 0 bridgehead atoms. The average molecular weight is 289 g/mol. The number of benzene rings is 1. The highest BCUT2D eigenvalue weighted by Crippen LogP contribution is 2.17. The molecule has 1 saturated heterocycles. The molecule has 4 heteroatoms. The van der Waals surface area contributed by atoms with Crippen LogP contribution < -0.4 is 0 Å². The number of nitrogens with zero attached hydrogens (tertiary/aromatic N) is 1. The summed E-state index contributed by atoms with van der Waals surface area (Å²) in [4.78, 5) is 13.7. The molecule has 1 N–H and O–H groups in total. The van der Waals surface area contributed by atoms with E-state index in [1.165, 1.54) is 6.07 Å². The van der Waals surface area contributed by atoms with Crippen LogP contribution in [-0.2, 0) is 11.3 Å². The predicted octanol–water partition coefficient (Wildman–Crippen LogP) is 2.46. The van der Waals surface area contributed by atoms with Gasteiger partial charge in [0.1, 0.15) is 5.82 Å². The Morgan fingerprint density at radius 3 is 2.90 bits per heavy atom. The molecule has 0 unspecified atom stereocenters. The Morgan fingerprint density at radius 1 is 1.29 bits per heavy atom. The molecular weight excluding hydrogens is 269 g/mol. The molecule has 3 nitrogen and oxygen atoms in total. The average Bonchev–Trinajstić information content (AvgIpc) is 2.67. The highest BCUT2D eigenvalue weighted by atomic mass is 19.1. The summed E-state index contributed by atoms with van der Waals surface area (Å²) < 4.78 is 14.1. The third kappa shape index (κ3) is 4.57. The third-order valence-electron chi connectivity index (χ3n) is 3.56. The fourth-order valence-corrected chi connectivity index (χ4v) is 2.39. The van der Waals surface area contributed by atoms with Gasteiger partial charge < -0.3 is 10.0 Å². The molecule has 0 atom stereocenters. The molecule has 21 heavy (non-hydrogen) atoms.